The fraction of sp³-hybridized carbons (Fsp3) is 0.133. The second kappa shape index (κ2) is 4.81. The molecule has 0 fully saturated rings. The molecule has 2 aromatic carbocycles. The molecule has 3 rings (SSSR count). The van der Waals surface area contributed by atoms with Gasteiger partial charge in [0.15, 0.2) is 0 Å². The van der Waals surface area contributed by atoms with Crippen LogP contribution in [0.4, 0.5) is 0 Å². The van der Waals surface area contributed by atoms with Crippen molar-refractivity contribution in [2.24, 2.45) is 5.73 Å². The van der Waals surface area contributed by atoms with Gasteiger partial charge in [0.25, 0.3) is 0 Å². The summed E-state index contributed by atoms with van der Waals surface area (Å²) < 4.78 is 0. The van der Waals surface area contributed by atoms with Crippen LogP contribution in [0.3, 0.4) is 0 Å². The average Bonchev–Trinajstić information content (AvgIpc) is 2.80. The Bertz CT molecular complexity index is 834. The van der Waals surface area contributed by atoms with E-state index in [9.17, 15) is 4.79 Å². The quantitative estimate of drug-likeness (QED) is 0.678. The highest BCUT2D eigenvalue weighted by molar-refractivity contribution is 6.31. The van der Waals surface area contributed by atoms with Crippen molar-refractivity contribution < 1.29 is 0 Å². The van der Waals surface area contributed by atoms with Crippen molar-refractivity contribution in [2.75, 3.05) is 0 Å². The Morgan fingerprint density at radius 2 is 1.70 bits per heavy atom. The molecule has 0 aliphatic carbocycles. The van der Waals surface area contributed by atoms with E-state index < -0.39 is 0 Å². The number of aromatic amines is 2. The molecule has 0 aliphatic heterocycles. The predicted octanol–water partition coefficient (Wildman–Crippen LogP) is 2.87. The summed E-state index contributed by atoms with van der Waals surface area (Å²) in [7, 11) is 0. The Kier molecular flexibility index (Phi) is 3.12. The fourth-order valence-electron chi connectivity index (χ4n) is 2.24. The molecule has 1 unspecified atom stereocenters. The summed E-state index contributed by atoms with van der Waals surface area (Å²) in [6, 6.07) is 11.2. The number of aryl methyl sites for hydroxylation is 1. The first-order valence-corrected chi connectivity index (χ1v) is 6.66. The molecular formula is C15H14ClN3O. The molecule has 0 spiro atoms. The number of H-pyrrole nitrogens is 2. The number of benzene rings is 2. The molecule has 4 nitrogen and oxygen atoms in total. The minimum absolute atomic E-state index is 0.218. The van der Waals surface area contributed by atoms with Gasteiger partial charge in [0, 0.05) is 5.02 Å². The third-order valence-corrected chi connectivity index (χ3v) is 3.86. The zero-order valence-electron chi connectivity index (χ0n) is 10.9. The molecule has 0 saturated carbocycles. The van der Waals surface area contributed by atoms with Gasteiger partial charge in [0.05, 0.1) is 17.1 Å². The number of hydrogen-bond acceptors (Lipinski definition) is 2. The van der Waals surface area contributed by atoms with E-state index in [-0.39, 0.29) is 11.7 Å². The van der Waals surface area contributed by atoms with Gasteiger partial charge in [-0.25, -0.2) is 4.79 Å². The number of nitrogens with one attached hydrogen (secondary N) is 2. The zero-order chi connectivity index (χ0) is 14.3. The molecule has 0 amide bonds. The molecule has 4 N–H and O–H groups in total. The molecule has 5 heteroatoms. The van der Waals surface area contributed by atoms with Crippen LogP contribution in [-0.4, -0.2) is 9.97 Å². The van der Waals surface area contributed by atoms with E-state index in [4.69, 9.17) is 17.3 Å². The molecule has 3 aromatic rings. The lowest BCUT2D eigenvalue weighted by Crippen LogP contribution is -2.11. The lowest BCUT2D eigenvalue weighted by molar-refractivity contribution is 0.872. The highest BCUT2D eigenvalue weighted by atomic mass is 35.5. The summed E-state index contributed by atoms with van der Waals surface area (Å²) in [4.78, 5) is 16.7. The van der Waals surface area contributed by atoms with Crippen LogP contribution in [0.25, 0.3) is 11.0 Å². The maximum absolute atomic E-state index is 11.3. The number of nitrogens with two attached hydrogens (primary N) is 1. The topological polar surface area (TPSA) is 74.7 Å². The molecule has 1 heterocycles. The third kappa shape index (κ3) is 2.24. The largest absolute Gasteiger partial charge is 0.323 e. The summed E-state index contributed by atoms with van der Waals surface area (Å²) in [6.45, 7) is 1.95. The van der Waals surface area contributed by atoms with Gasteiger partial charge in [-0.2, -0.15) is 0 Å². The van der Waals surface area contributed by atoms with Crippen LogP contribution in [0.15, 0.2) is 41.2 Å². The van der Waals surface area contributed by atoms with Gasteiger partial charge in [0.1, 0.15) is 0 Å². The number of rotatable bonds is 2. The first-order valence-electron chi connectivity index (χ1n) is 6.28. The number of aromatic nitrogens is 2. The molecule has 20 heavy (non-hydrogen) atoms. The fourth-order valence-corrected chi connectivity index (χ4v) is 2.43. The van der Waals surface area contributed by atoms with Crippen LogP contribution in [0.1, 0.15) is 22.7 Å². The molecule has 0 bridgehead atoms. The molecule has 1 aromatic heterocycles. The van der Waals surface area contributed by atoms with E-state index in [1.165, 1.54) is 0 Å². The lowest BCUT2D eigenvalue weighted by Gasteiger charge is -2.13. The zero-order valence-corrected chi connectivity index (χ0v) is 11.7. The van der Waals surface area contributed by atoms with Gasteiger partial charge < -0.3 is 15.7 Å². The Morgan fingerprint density at radius 3 is 2.45 bits per heavy atom. The monoisotopic (exact) mass is 287 g/mol. The number of halogens is 1. The summed E-state index contributed by atoms with van der Waals surface area (Å²) in [5.41, 5.74) is 10.5. The molecule has 1 atom stereocenters. The van der Waals surface area contributed by atoms with Gasteiger partial charge in [0.2, 0.25) is 0 Å². The average molecular weight is 288 g/mol. The van der Waals surface area contributed by atoms with Gasteiger partial charge in [-0.15, -0.1) is 0 Å². The number of hydrogen-bond donors (Lipinski definition) is 3. The van der Waals surface area contributed by atoms with Crippen molar-refractivity contribution in [3.63, 3.8) is 0 Å². The first-order chi connectivity index (χ1) is 9.54. The molecule has 0 aliphatic rings. The van der Waals surface area contributed by atoms with Crippen LogP contribution in [0.5, 0.6) is 0 Å². The predicted molar refractivity (Wildman–Crippen MR) is 81.1 cm³/mol. The standard InChI is InChI=1S/C15H14ClN3O/c1-8-2-3-9(6-11(8)16)14(17)10-4-5-12-13(7-10)19-15(20)18-12/h2-7,14H,17H2,1H3,(H2,18,19,20). The van der Waals surface area contributed by atoms with Crippen LogP contribution in [0, 0.1) is 6.92 Å². The maximum Gasteiger partial charge on any atom is 0.323 e. The van der Waals surface area contributed by atoms with Crippen molar-refractivity contribution in [3.05, 3.63) is 68.6 Å². The van der Waals surface area contributed by atoms with Crippen LogP contribution >= 0.6 is 11.6 Å². The van der Waals surface area contributed by atoms with Crippen LogP contribution in [0.2, 0.25) is 5.02 Å². The minimum atomic E-state index is -0.282. The van der Waals surface area contributed by atoms with Gasteiger partial charge >= 0.3 is 5.69 Å². The number of fused-ring (bicyclic) bond motifs is 1. The molecule has 0 radical (unpaired) electrons. The lowest BCUT2D eigenvalue weighted by atomic mass is 9.98. The summed E-state index contributed by atoms with van der Waals surface area (Å²) in [5.74, 6) is 0. The van der Waals surface area contributed by atoms with E-state index in [0.29, 0.717) is 5.02 Å². The Balaban J connectivity index is 2.04. The smallest absolute Gasteiger partial charge is 0.320 e. The minimum Gasteiger partial charge on any atom is -0.320 e. The van der Waals surface area contributed by atoms with Crippen molar-refractivity contribution in [1.29, 1.82) is 0 Å². The molecule has 102 valence electrons. The Morgan fingerprint density at radius 1 is 1.05 bits per heavy atom. The third-order valence-electron chi connectivity index (χ3n) is 3.45. The second-order valence-corrected chi connectivity index (χ2v) is 5.28. The van der Waals surface area contributed by atoms with E-state index in [2.05, 4.69) is 9.97 Å². The molecule has 0 saturated heterocycles. The highest BCUT2D eigenvalue weighted by Gasteiger charge is 2.11. The Labute approximate surface area is 120 Å². The van der Waals surface area contributed by atoms with Crippen LogP contribution < -0.4 is 11.4 Å². The van der Waals surface area contributed by atoms with Crippen molar-refractivity contribution in [3.8, 4) is 0 Å². The van der Waals surface area contributed by atoms with Gasteiger partial charge in [-0.3, -0.25) is 0 Å². The molecular weight excluding hydrogens is 274 g/mol. The summed E-state index contributed by atoms with van der Waals surface area (Å²) in [5, 5.41) is 0.703. The Hall–Kier alpha value is -2.04. The van der Waals surface area contributed by atoms with Gasteiger partial charge in [-0.1, -0.05) is 29.8 Å². The summed E-state index contributed by atoms with van der Waals surface area (Å²) in [6.07, 6.45) is 0. The van der Waals surface area contributed by atoms with Crippen molar-refractivity contribution in [2.45, 2.75) is 13.0 Å². The van der Waals surface area contributed by atoms with Crippen LogP contribution in [-0.2, 0) is 0 Å². The van der Waals surface area contributed by atoms with Gasteiger partial charge in [-0.05, 0) is 41.8 Å². The SMILES string of the molecule is Cc1ccc(C(N)c2ccc3[nH]c(=O)[nH]c3c2)cc1Cl. The van der Waals surface area contributed by atoms with Crippen molar-refractivity contribution in [1.82, 2.24) is 9.97 Å². The second-order valence-electron chi connectivity index (χ2n) is 4.87. The maximum atomic E-state index is 11.3. The summed E-state index contributed by atoms with van der Waals surface area (Å²) >= 11 is 6.14. The van der Waals surface area contributed by atoms with E-state index in [1.807, 2.05) is 43.3 Å². The first kappa shape index (κ1) is 13.0. The van der Waals surface area contributed by atoms with Crippen molar-refractivity contribution >= 4 is 22.6 Å². The normalized spacial score (nSPS) is 12.8. The number of imidazole rings is 1. The van der Waals surface area contributed by atoms with E-state index in [1.54, 1.807) is 0 Å². The highest BCUT2D eigenvalue weighted by Crippen LogP contribution is 2.25. The van der Waals surface area contributed by atoms with E-state index >= 15 is 0 Å². The van der Waals surface area contributed by atoms with E-state index in [0.717, 1.165) is 27.7 Å².